The van der Waals surface area contributed by atoms with Crippen molar-refractivity contribution in [2.45, 2.75) is 26.8 Å². The van der Waals surface area contributed by atoms with Gasteiger partial charge in [-0.25, -0.2) is 9.78 Å². The van der Waals surface area contributed by atoms with Crippen LogP contribution in [0.15, 0.2) is 54.6 Å². The summed E-state index contributed by atoms with van der Waals surface area (Å²) >= 11 is 0.915. The molecule has 1 aromatic heterocycles. The number of thiazole rings is 1. The molecule has 11 heteroatoms. The molecule has 4 rings (SSSR count). The number of methoxy groups -OCH3 is 2. The van der Waals surface area contributed by atoms with Crippen LogP contribution in [0.5, 0.6) is 17.2 Å². The maximum absolute atomic E-state index is 13.6. The Morgan fingerprint density at radius 3 is 2.51 bits per heavy atom. The molecule has 0 spiro atoms. The normalized spacial score (nSPS) is 16.0. The van der Waals surface area contributed by atoms with Crippen LogP contribution in [0, 0.1) is 13.8 Å². The largest absolute Gasteiger partial charge is 0.507 e. The highest BCUT2D eigenvalue weighted by Crippen LogP contribution is 2.46. The molecule has 1 unspecified atom stereocenters. The number of aliphatic hydroxyl groups is 1. The van der Waals surface area contributed by atoms with Gasteiger partial charge in [-0.05, 0) is 62.2 Å². The molecule has 2 aromatic carbocycles. The van der Waals surface area contributed by atoms with E-state index in [1.54, 1.807) is 50.2 Å². The van der Waals surface area contributed by atoms with Gasteiger partial charge >= 0.3 is 11.9 Å². The molecule has 1 amide bonds. The molecule has 1 saturated heterocycles. The second-order valence-corrected chi connectivity index (χ2v) is 9.97. The predicted octanol–water partition coefficient (Wildman–Crippen LogP) is 5.14. The molecule has 214 valence electrons. The Morgan fingerprint density at radius 1 is 1.12 bits per heavy atom. The summed E-state index contributed by atoms with van der Waals surface area (Å²) in [5, 5.41) is 11.6. The molecule has 0 radical (unpaired) electrons. The number of hydrogen-bond donors (Lipinski definition) is 1. The highest BCUT2D eigenvalue weighted by molar-refractivity contribution is 7.17. The molecule has 0 saturated carbocycles. The van der Waals surface area contributed by atoms with E-state index in [1.807, 2.05) is 6.92 Å². The second-order valence-electron chi connectivity index (χ2n) is 8.99. The monoisotopic (exact) mass is 578 g/mol. The Balaban J connectivity index is 1.94. The SMILES string of the molecule is C=CCOC(=O)c1sc(N2C(=O)C(=O)C(=C(O)c3ccc(OC)cc3C)C2c2ccc(OCC)c(OC)c2)nc1C. The van der Waals surface area contributed by atoms with E-state index < -0.39 is 23.7 Å². The first-order valence-corrected chi connectivity index (χ1v) is 13.5. The van der Waals surface area contributed by atoms with E-state index in [0.717, 1.165) is 11.3 Å². The fraction of sp³-hybridized carbons (Fsp3) is 0.267. The zero-order valence-electron chi connectivity index (χ0n) is 23.3. The summed E-state index contributed by atoms with van der Waals surface area (Å²) in [7, 11) is 3.00. The van der Waals surface area contributed by atoms with E-state index in [9.17, 15) is 19.5 Å². The van der Waals surface area contributed by atoms with Crippen LogP contribution >= 0.6 is 11.3 Å². The minimum Gasteiger partial charge on any atom is -0.507 e. The number of aromatic nitrogens is 1. The summed E-state index contributed by atoms with van der Waals surface area (Å²) in [5.41, 5.74) is 1.64. The fourth-order valence-corrected chi connectivity index (χ4v) is 5.51. The second kappa shape index (κ2) is 12.3. The summed E-state index contributed by atoms with van der Waals surface area (Å²) in [6.07, 6.45) is 1.44. The number of carbonyl (C=O) groups is 3. The van der Waals surface area contributed by atoms with Crippen molar-refractivity contribution in [1.82, 2.24) is 4.98 Å². The minimum atomic E-state index is -1.09. The lowest BCUT2D eigenvalue weighted by atomic mass is 9.93. The van der Waals surface area contributed by atoms with Gasteiger partial charge in [0.15, 0.2) is 16.6 Å². The topological polar surface area (TPSA) is 124 Å². The maximum atomic E-state index is 13.6. The number of carbonyl (C=O) groups excluding carboxylic acids is 3. The van der Waals surface area contributed by atoms with Crippen molar-refractivity contribution in [3.05, 3.63) is 81.9 Å². The van der Waals surface area contributed by atoms with Gasteiger partial charge < -0.3 is 24.1 Å². The average Bonchev–Trinajstić information content (AvgIpc) is 3.47. The fourth-order valence-electron chi connectivity index (χ4n) is 4.52. The maximum Gasteiger partial charge on any atom is 0.350 e. The van der Waals surface area contributed by atoms with E-state index >= 15 is 0 Å². The van der Waals surface area contributed by atoms with Crippen LogP contribution in [0.1, 0.15) is 45.0 Å². The number of hydrogen-bond acceptors (Lipinski definition) is 10. The van der Waals surface area contributed by atoms with Crippen molar-refractivity contribution in [2.75, 3.05) is 32.3 Å². The third kappa shape index (κ3) is 5.53. The minimum absolute atomic E-state index is 0.00318. The van der Waals surface area contributed by atoms with Crippen LogP contribution in [-0.2, 0) is 14.3 Å². The Labute approximate surface area is 241 Å². The van der Waals surface area contributed by atoms with Crippen molar-refractivity contribution in [2.24, 2.45) is 0 Å². The Bertz CT molecular complexity index is 1560. The Morgan fingerprint density at radius 2 is 1.88 bits per heavy atom. The molecular weight excluding hydrogens is 548 g/mol. The standard InChI is InChI=1S/C30H30N2O8S/c1-7-13-40-29(36)27-17(4)31-30(41-27)32-24(18-9-12-21(39-8-2)22(15-18)38-6)23(26(34)28(32)35)25(33)20-11-10-19(37-5)14-16(20)3/h7,9-12,14-15,24,33H,1,8,13H2,2-6H3. The van der Waals surface area contributed by atoms with Crippen LogP contribution in [0.2, 0.25) is 0 Å². The van der Waals surface area contributed by atoms with Gasteiger partial charge in [0.25, 0.3) is 5.78 Å². The van der Waals surface area contributed by atoms with Gasteiger partial charge in [0.1, 0.15) is 23.0 Å². The molecule has 0 bridgehead atoms. The molecule has 2 heterocycles. The average molecular weight is 579 g/mol. The Kier molecular flexibility index (Phi) is 8.77. The zero-order valence-corrected chi connectivity index (χ0v) is 24.2. The van der Waals surface area contributed by atoms with Crippen molar-refractivity contribution in [3.8, 4) is 17.2 Å². The van der Waals surface area contributed by atoms with Gasteiger partial charge in [0.05, 0.1) is 38.1 Å². The molecule has 41 heavy (non-hydrogen) atoms. The van der Waals surface area contributed by atoms with Crippen molar-refractivity contribution < 1.29 is 38.4 Å². The molecule has 10 nitrogen and oxygen atoms in total. The molecular formula is C30H30N2O8S. The van der Waals surface area contributed by atoms with Crippen molar-refractivity contribution in [3.63, 3.8) is 0 Å². The summed E-state index contributed by atoms with van der Waals surface area (Å²) in [6.45, 7) is 9.14. The summed E-state index contributed by atoms with van der Waals surface area (Å²) < 4.78 is 21.6. The first kappa shape index (κ1) is 29.3. The first-order chi connectivity index (χ1) is 19.7. The molecule has 1 N–H and O–H groups in total. The summed E-state index contributed by atoms with van der Waals surface area (Å²) in [6, 6.07) is 8.89. The quantitative estimate of drug-likeness (QED) is 0.114. The number of ketones is 1. The van der Waals surface area contributed by atoms with Gasteiger partial charge in [0, 0.05) is 5.56 Å². The summed E-state index contributed by atoms with van der Waals surface area (Å²) in [5.74, 6) is -1.38. The first-order valence-electron chi connectivity index (χ1n) is 12.7. The molecule has 3 aromatic rings. The number of aliphatic hydroxyl groups excluding tert-OH is 1. The number of amides is 1. The number of rotatable bonds is 10. The lowest BCUT2D eigenvalue weighted by molar-refractivity contribution is -0.132. The zero-order chi connectivity index (χ0) is 29.8. The van der Waals surface area contributed by atoms with Crippen LogP contribution in [0.3, 0.4) is 0 Å². The van der Waals surface area contributed by atoms with Gasteiger partial charge in [-0.2, -0.15) is 0 Å². The number of nitrogens with zero attached hydrogens (tertiary/aromatic N) is 2. The highest BCUT2D eigenvalue weighted by atomic mass is 32.1. The van der Waals surface area contributed by atoms with Crippen LogP contribution in [0.25, 0.3) is 5.76 Å². The lowest BCUT2D eigenvalue weighted by Gasteiger charge is -2.24. The van der Waals surface area contributed by atoms with Gasteiger partial charge in [-0.3, -0.25) is 14.5 Å². The van der Waals surface area contributed by atoms with E-state index in [0.29, 0.717) is 46.2 Å². The van der Waals surface area contributed by atoms with Gasteiger partial charge in [-0.1, -0.05) is 30.1 Å². The number of ether oxygens (including phenoxy) is 4. The molecule has 1 atom stereocenters. The van der Waals surface area contributed by atoms with E-state index in [2.05, 4.69) is 11.6 Å². The number of benzene rings is 2. The van der Waals surface area contributed by atoms with Gasteiger partial charge in [-0.15, -0.1) is 0 Å². The molecule has 1 fully saturated rings. The van der Waals surface area contributed by atoms with Gasteiger partial charge in [0.2, 0.25) is 0 Å². The number of aryl methyl sites for hydroxylation is 2. The van der Waals surface area contributed by atoms with Crippen molar-refractivity contribution >= 4 is 39.9 Å². The third-order valence-corrected chi connectivity index (χ3v) is 7.58. The molecule has 1 aliphatic rings. The van der Waals surface area contributed by atoms with E-state index in [1.165, 1.54) is 25.2 Å². The number of esters is 1. The van der Waals surface area contributed by atoms with Crippen LogP contribution < -0.4 is 19.1 Å². The predicted molar refractivity (Wildman–Crippen MR) is 154 cm³/mol. The molecule has 1 aliphatic heterocycles. The third-order valence-electron chi connectivity index (χ3n) is 6.45. The summed E-state index contributed by atoms with van der Waals surface area (Å²) in [4.78, 5) is 45.6. The van der Waals surface area contributed by atoms with Crippen LogP contribution in [0.4, 0.5) is 5.13 Å². The highest BCUT2D eigenvalue weighted by Gasteiger charge is 2.48. The van der Waals surface area contributed by atoms with Crippen molar-refractivity contribution in [1.29, 1.82) is 0 Å². The molecule has 0 aliphatic carbocycles. The van der Waals surface area contributed by atoms with E-state index in [4.69, 9.17) is 18.9 Å². The lowest BCUT2D eigenvalue weighted by Crippen LogP contribution is -2.29. The smallest absolute Gasteiger partial charge is 0.350 e. The number of Topliss-reactive ketones (excluding diaryl/α,β-unsaturated/α-hetero) is 1. The van der Waals surface area contributed by atoms with E-state index in [-0.39, 0.29) is 27.9 Å². The Hall–Kier alpha value is -4.64. The van der Waals surface area contributed by atoms with Crippen LogP contribution in [-0.4, -0.2) is 55.2 Å². The number of anilines is 1.